The molecule has 0 heterocycles. The number of carbonyl (C=O) groups excluding carboxylic acids is 1. The fourth-order valence-corrected chi connectivity index (χ4v) is 2.06. The molecule has 0 spiro atoms. The highest BCUT2D eigenvalue weighted by molar-refractivity contribution is 9.10. The van der Waals surface area contributed by atoms with E-state index in [4.69, 9.17) is 11.6 Å². The van der Waals surface area contributed by atoms with Crippen LogP contribution in [0.15, 0.2) is 29.2 Å². The minimum atomic E-state index is -0.632. The van der Waals surface area contributed by atoms with Gasteiger partial charge in [-0.2, -0.15) is 0 Å². The summed E-state index contributed by atoms with van der Waals surface area (Å²) in [5.41, 5.74) is 0.641. The molecule has 4 heteroatoms. The summed E-state index contributed by atoms with van der Waals surface area (Å²) in [5.74, 6) is 0.934. The quantitative estimate of drug-likeness (QED) is 0.475. The standard InChI is InChI=1S/C10H10BrClOS/c1-2-14-8-5-3-7(4-6-8)9(13)10(11)12/h3-6,10H,2H2,1H3. The third-order valence-corrected chi connectivity index (χ3v) is 3.16. The molecule has 14 heavy (non-hydrogen) atoms. The number of carbonyl (C=O) groups is 1. The molecule has 1 unspecified atom stereocenters. The van der Waals surface area contributed by atoms with E-state index in [1.165, 1.54) is 4.90 Å². The van der Waals surface area contributed by atoms with Gasteiger partial charge in [-0.25, -0.2) is 0 Å². The van der Waals surface area contributed by atoms with Crippen molar-refractivity contribution in [2.75, 3.05) is 5.75 Å². The molecule has 0 N–H and O–H groups in total. The summed E-state index contributed by atoms with van der Waals surface area (Å²) in [4.78, 5) is 12.6. The van der Waals surface area contributed by atoms with E-state index in [-0.39, 0.29) is 5.78 Å². The van der Waals surface area contributed by atoms with Gasteiger partial charge in [-0.1, -0.05) is 35.0 Å². The fourth-order valence-electron chi connectivity index (χ4n) is 1.01. The second-order valence-electron chi connectivity index (χ2n) is 2.62. The van der Waals surface area contributed by atoms with E-state index in [1.54, 1.807) is 23.9 Å². The lowest BCUT2D eigenvalue weighted by atomic mass is 10.1. The molecule has 0 aliphatic rings. The molecule has 1 atom stereocenters. The van der Waals surface area contributed by atoms with Crippen LogP contribution in [0.1, 0.15) is 17.3 Å². The summed E-state index contributed by atoms with van der Waals surface area (Å²) >= 11 is 10.4. The molecular weight excluding hydrogens is 284 g/mol. The summed E-state index contributed by atoms with van der Waals surface area (Å²) in [6.45, 7) is 2.09. The van der Waals surface area contributed by atoms with Gasteiger partial charge >= 0.3 is 0 Å². The lowest BCUT2D eigenvalue weighted by Crippen LogP contribution is -2.06. The van der Waals surface area contributed by atoms with Gasteiger partial charge in [0.25, 0.3) is 0 Å². The maximum atomic E-state index is 11.4. The van der Waals surface area contributed by atoms with E-state index in [0.29, 0.717) is 5.56 Å². The molecule has 0 amide bonds. The highest BCUT2D eigenvalue weighted by Gasteiger charge is 2.12. The predicted molar refractivity (Wildman–Crippen MR) is 65.7 cm³/mol. The van der Waals surface area contributed by atoms with E-state index in [9.17, 15) is 4.79 Å². The summed E-state index contributed by atoms with van der Waals surface area (Å²) in [6, 6.07) is 7.48. The van der Waals surface area contributed by atoms with Crippen LogP contribution in [0.2, 0.25) is 0 Å². The number of rotatable bonds is 4. The van der Waals surface area contributed by atoms with E-state index in [0.717, 1.165) is 5.75 Å². The minimum absolute atomic E-state index is 0.0975. The average molecular weight is 294 g/mol. The molecule has 0 aliphatic carbocycles. The Bertz CT molecular complexity index is 310. The Labute approximate surface area is 101 Å². The van der Waals surface area contributed by atoms with Crippen molar-refractivity contribution in [1.29, 1.82) is 0 Å². The predicted octanol–water partition coefficient (Wildman–Crippen LogP) is 3.94. The van der Waals surface area contributed by atoms with E-state index in [1.807, 2.05) is 12.1 Å². The van der Waals surface area contributed by atoms with Gasteiger partial charge in [-0.3, -0.25) is 4.79 Å². The first-order valence-electron chi connectivity index (χ1n) is 4.20. The van der Waals surface area contributed by atoms with Crippen molar-refractivity contribution in [2.24, 2.45) is 0 Å². The topological polar surface area (TPSA) is 17.1 Å². The van der Waals surface area contributed by atoms with Crippen LogP contribution in [-0.4, -0.2) is 15.8 Å². The molecule has 0 aliphatic heterocycles. The van der Waals surface area contributed by atoms with Crippen molar-refractivity contribution >= 4 is 45.1 Å². The summed E-state index contributed by atoms with van der Waals surface area (Å²) in [5, 5.41) is 0. The summed E-state index contributed by atoms with van der Waals surface area (Å²) in [7, 11) is 0. The van der Waals surface area contributed by atoms with Crippen molar-refractivity contribution in [3.8, 4) is 0 Å². The van der Waals surface area contributed by atoms with Crippen molar-refractivity contribution in [1.82, 2.24) is 0 Å². The third-order valence-electron chi connectivity index (χ3n) is 1.65. The first-order valence-corrected chi connectivity index (χ1v) is 6.54. The number of benzene rings is 1. The Hall–Kier alpha value is 0.01000. The van der Waals surface area contributed by atoms with Gasteiger partial charge in [-0.15, -0.1) is 23.4 Å². The maximum absolute atomic E-state index is 11.4. The van der Waals surface area contributed by atoms with Crippen molar-refractivity contribution < 1.29 is 4.79 Å². The number of Topliss-reactive ketones (excluding diaryl/α,β-unsaturated/α-hetero) is 1. The monoisotopic (exact) mass is 292 g/mol. The van der Waals surface area contributed by atoms with E-state index < -0.39 is 4.29 Å². The third kappa shape index (κ3) is 3.30. The normalized spacial score (nSPS) is 12.5. The molecular formula is C10H10BrClOS. The van der Waals surface area contributed by atoms with Crippen LogP contribution in [0.3, 0.4) is 0 Å². The molecule has 76 valence electrons. The fraction of sp³-hybridized carbons (Fsp3) is 0.300. The van der Waals surface area contributed by atoms with Crippen molar-refractivity contribution in [3.05, 3.63) is 29.8 Å². The number of ketones is 1. The van der Waals surface area contributed by atoms with Gasteiger partial charge in [0.2, 0.25) is 0 Å². The Kier molecular flexibility index (Phi) is 4.99. The molecule has 0 fully saturated rings. The Morgan fingerprint density at radius 2 is 2.07 bits per heavy atom. The van der Waals surface area contributed by atoms with Gasteiger partial charge < -0.3 is 0 Å². The maximum Gasteiger partial charge on any atom is 0.191 e. The van der Waals surface area contributed by atoms with E-state index in [2.05, 4.69) is 22.9 Å². The number of halogens is 2. The highest BCUT2D eigenvalue weighted by atomic mass is 79.9. The average Bonchev–Trinajstić information content (AvgIpc) is 2.18. The zero-order valence-electron chi connectivity index (χ0n) is 7.67. The Morgan fingerprint density at radius 3 is 2.50 bits per heavy atom. The van der Waals surface area contributed by atoms with Crippen LogP contribution in [0.4, 0.5) is 0 Å². The van der Waals surface area contributed by atoms with Gasteiger partial charge in [0.1, 0.15) is 0 Å². The zero-order chi connectivity index (χ0) is 10.6. The van der Waals surface area contributed by atoms with Crippen LogP contribution in [0, 0.1) is 0 Å². The van der Waals surface area contributed by atoms with Gasteiger partial charge in [0.15, 0.2) is 10.1 Å². The zero-order valence-corrected chi connectivity index (χ0v) is 10.8. The molecule has 0 bridgehead atoms. The second-order valence-corrected chi connectivity index (χ2v) is 5.84. The Balaban J connectivity index is 2.78. The number of thioether (sulfide) groups is 1. The van der Waals surface area contributed by atoms with Crippen LogP contribution >= 0.6 is 39.3 Å². The molecule has 1 aromatic rings. The van der Waals surface area contributed by atoms with Crippen LogP contribution in [0.25, 0.3) is 0 Å². The first kappa shape index (κ1) is 12.1. The van der Waals surface area contributed by atoms with Crippen molar-refractivity contribution in [3.63, 3.8) is 0 Å². The largest absolute Gasteiger partial charge is 0.292 e. The first-order chi connectivity index (χ1) is 6.65. The molecule has 0 saturated heterocycles. The SMILES string of the molecule is CCSc1ccc(C(=O)C(Cl)Br)cc1. The summed E-state index contributed by atoms with van der Waals surface area (Å²) < 4.78 is -0.632. The van der Waals surface area contributed by atoms with Crippen LogP contribution in [-0.2, 0) is 0 Å². The molecule has 1 aromatic carbocycles. The van der Waals surface area contributed by atoms with Gasteiger partial charge in [-0.05, 0) is 17.9 Å². The minimum Gasteiger partial charge on any atom is -0.292 e. The smallest absolute Gasteiger partial charge is 0.191 e. The Morgan fingerprint density at radius 1 is 1.50 bits per heavy atom. The second kappa shape index (κ2) is 5.79. The highest BCUT2D eigenvalue weighted by Crippen LogP contribution is 2.20. The molecule has 0 radical (unpaired) electrons. The van der Waals surface area contributed by atoms with Gasteiger partial charge in [0.05, 0.1) is 0 Å². The van der Waals surface area contributed by atoms with Gasteiger partial charge in [0, 0.05) is 10.5 Å². The number of hydrogen-bond acceptors (Lipinski definition) is 2. The van der Waals surface area contributed by atoms with Crippen LogP contribution in [0.5, 0.6) is 0 Å². The molecule has 1 nitrogen and oxygen atoms in total. The number of hydrogen-bond donors (Lipinski definition) is 0. The molecule has 0 saturated carbocycles. The lowest BCUT2D eigenvalue weighted by molar-refractivity contribution is 0.101. The molecule has 1 rings (SSSR count). The molecule has 0 aromatic heterocycles. The van der Waals surface area contributed by atoms with Crippen LogP contribution < -0.4 is 0 Å². The van der Waals surface area contributed by atoms with E-state index >= 15 is 0 Å². The lowest BCUT2D eigenvalue weighted by Gasteiger charge is -2.02. The number of alkyl halides is 2. The summed E-state index contributed by atoms with van der Waals surface area (Å²) in [6.07, 6.45) is 0. The van der Waals surface area contributed by atoms with Crippen molar-refractivity contribution in [2.45, 2.75) is 16.1 Å².